The Bertz CT molecular complexity index is 201. The Labute approximate surface area is 55.5 Å². The van der Waals surface area contributed by atoms with Gasteiger partial charge in [0.05, 0.1) is 5.69 Å². The summed E-state index contributed by atoms with van der Waals surface area (Å²) < 4.78 is 1.86. The van der Waals surface area contributed by atoms with Crippen molar-refractivity contribution in [3.63, 3.8) is 0 Å². The number of hydrogen-bond donors (Lipinski definition) is 0. The maximum atomic E-state index is 4.25. The molecule has 0 aliphatic carbocycles. The lowest BCUT2D eigenvalue weighted by Gasteiger charge is -1.86. The lowest BCUT2D eigenvalue weighted by atomic mass is 10.2. The quantitative estimate of drug-likeness (QED) is 0.551. The number of aromatic nitrogens is 2. The Morgan fingerprint density at radius 3 is 2.56 bits per heavy atom. The van der Waals surface area contributed by atoms with Crippen LogP contribution in [-0.2, 0) is 13.5 Å². The molecule has 0 saturated heterocycles. The molecule has 1 heterocycles. The summed E-state index contributed by atoms with van der Waals surface area (Å²) in [5, 5.41) is 4.25. The molecule has 1 rings (SSSR count). The summed E-state index contributed by atoms with van der Waals surface area (Å²) in [6.45, 7) is 4.21. The van der Waals surface area contributed by atoms with E-state index in [1.54, 1.807) is 0 Å². The zero-order chi connectivity index (χ0) is 6.85. The van der Waals surface area contributed by atoms with Gasteiger partial charge in [0.1, 0.15) is 0 Å². The molecule has 0 unspecified atom stereocenters. The second kappa shape index (κ2) is 2.21. The van der Waals surface area contributed by atoms with Crippen molar-refractivity contribution >= 4 is 0 Å². The van der Waals surface area contributed by atoms with Gasteiger partial charge in [-0.15, -0.1) is 0 Å². The van der Waals surface area contributed by atoms with Gasteiger partial charge in [-0.3, -0.25) is 4.68 Å². The van der Waals surface area contributed by atoms with E-state index in [1.165, 1.54) is 11.3 Å². The lowest BCUT2D eigenvalue weighted by Crippen LogP contribution is -1.88. The zero-order valence-corrected chi connectivity index (χ0v) is 6.18. The van der Waals surface area contributed by atoms with Crippen LogP contribution in [0.25, 0.3) is 0 Å². The predicted molar refractivity (Wildman–Crippen MR) is 37.3 cm³/mol. The molecule has 2 nitrogen and oxygen atoms in total. The highest BCUT2D eigenvalue weighted by atomic mass is 15.2. The highest BCUT2D eigenvalue weighted by molar-refractivity contribution is 5.13. The monoisotopic (exact) mass is 124 g/mol. The van der Waals surface area contributed by atoms with Crippen LogP contribution in [0.15, 0.2) is 6.20 Å². The molecular weight excluding hydrogens is 112 g/mol. The van der Waals surface area contributed by atoms with E-state index >= 15 is 0 Å². The van der Waals surface area contributed by atoms with Gasteiger partial charge >= 0.3 is 0 Å². The summed E-state index contributed by atoms with van der Waals surface area (Å²) in [6.07, 6.45) is 3.07. The minimum atomic E-state index is 1.03. The number of rotatable bonds is 1. The Hall–Kier alpha value is -0.790. The van der Waals surface area contributed by atoms with E-state index < -0.39 is 0 Å². The molecule has 0 N–H and O–H groups in total. The van der Waals surface area contributed by atoms with Gasteiger partial charge in [-0.05, 0) is 18.9 Å². The first-order chi connectivity index (χ1) is 4.24. The molecule has 9 heavy (non-hydrogen) atoms. The normalized spacial score (nSPS) is 10.1. The summed E-state index contributed by atoms with van der Waals surface area (Å²) in [7, 11) is 1.95. The van der Waals surface area contributed by atoms with Crippen LogP contribution in [0.1, 0.15) is 18.2 Å². The van der Waals surface area contributed by atoms with Crippen molar-refractivity contribution in [3.05, 3.63) is 17.5 Å². The third-order valence-electron chi connectivity index (χ3n) is 1.45. The number of nitrogens with zero attached hydrogens (tertiary/aromatic N) is 2. The molecule has 0 amide bonds. The number of hydrogen-bond acceptors (Lipinski definition) is 1. The van der Waals surface area contributed by atoms with Gasteiger partial charge in [-0.25, -0.2) is 0 Å². The van der Waals surface area contributed by atoms with Gasteiger partial charge < -0.3 is 0 Å². The minimum absolute atomic E-state index is 1.03. The van der Waals surface area contributed by atoms with Crippen molar-refractivity contribution in [3.8, 4) is 0 Å². The molecule has 1 aromatic rings. The van der Waals surface area contributed by atoms with Crippen LogP contribution in [0.2, 0.25) is 0 Å². The molecule has 2 heteroatoms. The average Bonchev–Trinajstić information content (AvgIpc) is 2.10. The molecule has 0 aliphatic heterocycles. The van der Waals surface area contributed by atoms with Crippen molar-refractivity contribution < 1.29 is 0 Å². The highest BCUT2D eigenvalue weighted by Crippen LogP contribution is 2.03. The first-order valence-electron chi connectivity index (χ1n) is 3.23. The Morgan fingerprint density at radius 1 is 1.67 bits per heavy atom. The third-order valence-corrected chi connectivity index (χ3v) is 1.45. The number of aryl methyl sites for hydroxylation is 3. The van der Waals surface area contributed by atoms with Crippen LogP contribution < -0.4 is 0 Å². The van der Waals surface area contributed by atoms with Gasteiger partial charge in [0, 0.05) is 13.2 Å². The Balaban J connectivity index is 3.01. The predicted octanol–water partition coefficient (Wildman–Crippen LogP) is 1.29. The Kier molecular flexibility index (Phi) is 1.56. The standard InChI is InChI=1S/C7H12N2/c1-4-7-6(2)5-9(3)8-7/h5H,4H2,1-3H3. The Morgan fingerprint density at radius 2 is 2.33 bits per heavy atom. The van der Waals surface area contributed by atoms with E-state index in [0.29, 0.717) is 0 Å². The van der Waals surface area contributed by atoms with E-state index in [9.17, 15) is 0 Å². The zero-order valence-electron chi connectivity index (χ0n) is 6.18. The van der Waals surface area contributed by atoms with E-state index in [4.69, 9.17) is 0 Å². The fourth-order valence-corrected chi connectivity index (χ4v) is 1.00. The average molecular weight is 124 g/mol. The van der Waals surface area contributed by atoms with Crippen LogP contribution in [0, 0.1) is 6.92 Å². The molecule has 0 saturated carbocycles. The maximum absolute atomic E-state index is 4.25. The third kappa shape index (κ3) is 1.12. The molecule has 1 aromatic heterocycles. The molecule has 0 fully saturated rings. The molecular formula is C7H12N2. The smallest absolute Gasteiger partial charge is 0.0650 e. The van der Waals surface area contributed by atoms with Gasteiger partial charge in [0.25, 0.3) is 0 Å². The van der Waals surface area contributed by atoms with Crippen molar-refractivity contribution in [1.82, 2.24) is 9.78 Å². The van der Waals surface area contributed by atoms with Gasteiger partial charge in [0.15, 0.2) is 0 Å². The summed E-state index contributed by atoms with van der Waals surface area (Å²) in [6, 6.07) is 0. The van der Waals surface area contributed by atoms with E-state index in [2.05, 4.69) is 18.9 Å². The molecule has 50 valence electrons. The van der Waals surface area contributed by atoms with Crippen LogP contribution in [0.3, 0.4) is 0 Å². The van der Waals surface area contributed by atoms with Gasteiger partial charge in [-0.1, -0.05) is 6.92 Å². The van der Waals surface area contributed by atoms with Crippen LogP contribution in [-0.4, -0.2) is 9.78 Å². The van der Waals surface area contributed by atoms with Crippen LogP contribution >= 0.6 is 0 Å². The van der Waals surface area contributed by atoms with E-state index in [0.717, 1.165) is 6.42 Å². The van der Waals surface area contributed by atoms with Crippen molar-refractivity contribution in [2.75, 3.05) is 0 Å². The summed E-state index contributed by atoms with van der Waals surface area (Å²) >= 11 is 0. The second-order valence-corrected chi connectivity index (χ2v) is 2.29. The molecule has 0 atom stereocenters. The second-order valence-electron chi connectivity index (χ2n) is 2.29. The molecule has 0 spiro atoms. The van der Waals surface area contributed by atoms with Crippen molar-refractivity contribution in [2.24, 2.45) is 7.05 Å². The first kappa shape index (κ1) is 6.33. The SMILES string of the molecule is CCc1nn(C)cc1C. The summed E-state index contributed by atoms with van der Waals surface area (Å²) in [5.74, 6) is 0. The highest BCUT2D eigenvalue weighted by Gasteiger charge is 1.97. The topological polar surface area (TPSA) is 17.8 Å². The first-order valence-corrected chi connectivity index (χ1v) is 3.23. The fraction of sp³-hybridized carbons (Fsp3) is 0.571. The van der Waals surface area contributed by atoms with Gasteiger partial charge in [0.2, 0.25) is 0 Å². The van der Waals surface area contributed by atoms with E-state index in [-0.39, 0.29) is 0 Å². The van der Waals surface area contributed by atoms with Crippen molar-refractivity contribution in [1.29, 1.82) is 0 Å². The summed E-state index contributed by atoms with van der Waals surface area (Å²) in [4.78, 5) is 0. The maximum Gasteiger partial charge on any atom is 0.0650 e. The molecule has 0 aromatic carbocycles. The lowest BCUT2D eigenvalue weighted by molar-refractivity contribution is 0.746. The van der Waals surface area contributed by atoms with Crippen molar-refractivity contribution in [2.45, 2.75) is 20.3 Å². The minimum Gasteiger partial charge on any atom is -0.275 e. The van der Waals surface area contributed by atoms with Crippen LogP contribution in [0.5, 0.6) is 0 Å². The van der Waals surface area contributed by atoms with E-state index in [1.807, 2.05) is 17.9 Å². The molecule has 0 aliphatic rings. The fourth-order valence-electron chi connectivity index (χ4n) is 1.00. The van der Waals surface area contributed by atoms with Gasteiger partial charge in [-0.2, -0.15) is 5.10 Å². The molecule has 0 bridgehead atoms. The largest absolute Gasteiger partial charge is 0.275 e. The summed E-state index contributed by atoms with van der Waals surface area (Å²) in [5.41, 5.74) is 2.50. The van der Waals surface area contributed by atoms with Crippen LogP contribution in [0.4, 0.5) is 0 Å². The molecule has 0 radical (unpaired) electrons.